The van der Waals surface area contributed by atoms with Gasteiger partial charge in [0.25, 0.3) is 5.91 Å². The van der Waals surface area contributed by atoms with Crippen LogP contribution in [0.5, 0.6) is 0 Å². The molecule has 24 heavy (non-hydrogen) atoms. The Hall–Kier alpha value is -3.22. The van der Waals surface area contributed by atoms with E-state index in [4.69, 9.17) is 0 Å². The van der Waals surface area contributed by atoms with E-state index in [1.54, 1.807) is 12.4 Å². The van der Waals surface area contributed by atoms with Crippen LogP contribution in [0.4, 0.5) is 11.5 Å². The molecule has 3 N–H and O–H groups in total. The van der Waals surface area contributed by atoms with E-state index in [0.29, 0.717) is 12.4 Å². The molecule has 0 aliphatic carbocycles. The summed E-state index contributed by atoms with van der Waals surface area (Å²) in [7, 11) is 0. The first kappa shape index (κ1) is 15.7. The van der Waals surface area contributed by atoms with Crippen molar-refractivity contribution in [1.82, 2.24) is 25.7 Å². The Morgan fingerprint density at radius 1 is 1.04 bits per heavy atom. The number of benzene rings is 1. The highest BCUT2D eigenvalue weighted by atomic mass is 16.2. The molecule has 122 valence electrons. The number of nitrogens with zero attached hydrogens (tertiary/aromatic N) is 3. The van der Waals surface area contributed by atoms with E-state index >= 15 is 0 Å². The predicted octanol–water partition coefficient (Wildman–Crippen LogP) is 2.44. The number of amides is 1. The molecule has 2 heterocycles. The molecule has 0 radical (unpaired) electrons. The highest BCUT2D eigenvalue weighted by molar-refractivity contribution is 5.97. The van der Waals surface area contributed by atoms with Gasteiger partial charge in [-0.1, -0.05) is 19.1 Å². The van der Waals surface area contributed by atoms with Crippen LogP contribution in [0.15, 0.2) is 48.8 Å². The van der Waals surface area contributed by atoms with E-state index in [1.807, 2.05) is 36.4 Å². The lowest BCUT2D eigenvalue weighted by Gasteiger charge is -2.07. The lowest BCUT2D eigenvalue weighted by atomic mass is 10.1. The zero-order chi connectivity index (χ0) is 16.8. The summed E-state index contributed by atoms with van der Waals surface area (Å²) in [5, 5.41) is 16.4. The number of aryl methyl sites for hydroxylation is 1. The van der Waals surface area contributed by atoms with Gasteiger partial charge >= 0.3 is 0 Å². The monoisotopic (exact) mass is 322 g/mol. The van der Waals surface area contributed by atoms with Crippen LogP contribution in [-0.2, 0) is 13.0 Å². The minimum Gasteiger partial charge on any atom is -0.346 e. The fourth-order valence-electron chi connectivity index (χ4n) is 2.20. The van der Waals surface area contributed by atoms with E-state index in [9.17, 15) is 4.79 Å². The van der Waals surface area contributed by atoms with Gasteiger partial charge in [-0.25, -0.2) is 0 Å². The van der Waals surface area contributed by atoms with Crippen molar-refractivity contribution in [2.24, 2.45) is 0 Å². The van der Waals surface area contributed by atoms with E-state index in [2.05, 4.69) is 38.0 Å². The fourth-order valence-corrected chi connectivity index (χ4v) is 2.20. The molecule has 3 rings (SSSR count). The first-order valence-electron chi connectivity index (χ1n) is 7.70. The number of aromatic nitrogens is 4. The van der Waals surface area contributed by atoms with Gasteiger partial charge < -0.3 is 10.6 Å². The number of H-pyrrole nitrogens is 1. The molecule has 0 saturated heterocycles. The third kappa shape index (κ3) is 3.75. The molecule has 0 spiro atoms. The Bertz CT molecular complexity index is 797. The molecule has 0 aliphatic heterocycles. The summed E-state index contributed by atoms with van der Waals surface area (Å²) in [4.78, 5) is 16.2. The summed E-state index contributed by atoms with van der Waals surface area (Å²) < 4.78 is 0. The van der Waals surface area contributed by atoms with Gasteiger partial charge in [0.05, 0.1) is 0 Å². The van der Waals surface area contributed by atoms with Gasteiger partial charge in [-0.05, 0) is 41.8 Å². The minimum atomic E-state index is -0.298. The summed E-state index contributed by atoms with van der Waals surface area (Å²) in [6.07, 6.45) is 4.35. The number of hydrogen-bond donors (Lipinski definition) is 3. The van der Waals surface area contributed by atoms with Gasteiger partial charge in [0.15, 0.2) is 11.5 Å². The zero-order valence-corrected chi connectivity index (χ0v) is 13.3. The molecule has 0 saturated carbocycles. The molecule has 0 bridgehead atoms. The smallest absolute Gasteiger partial charge is 0.275 e. The van der Waals surface area contributed by atoms with Crippen molar-refractivity contribution in [3.8, 4) is 0 Å². The highest BCUT2D eigenvalue weighted by Crippen LogP contribution is 2.17. The van der Waals surface area contributed by atoms with Crippen LogP contribution in [0, 0.1) is 0 Å². The lowest BCUT2D eigenvalue weighted by Crippen LogP contribution is -2.24. The number of nitrogens with one attached hydrogen (secondary N) is 3. The third-order valence-electron chi connectivity index (χ3n) is 3.59. The molecule has 1 aromatic carbocycles. The Balaban J connectivity index is 1.66. The number of rotatable bonds is 6. The van der Waals surface area contributed by atoms with Crippen molar-refractivity contribution in [2.45, 2.75) is 19.9 Å². The molecule has 0 aliphatic rings. The largest absolute Gasteiger partial charge is 0.346 e. The molecular weight excluding hydrogens is 304 g/mol. The Morgan fingerprint density at radius 3 is 2.50 bits per heavy atom. The van der Waals surface area contributed by atoms with Crippen molar-refractivity contribution in [1.29, 1.82) is 0 Å². The molecule has 7 heteroatoms. The Labute approximate surface area is 139 Å². The summed E-state index contributed by atoms with van der Waals surface area (Å²) in [6.45, 7) is 2.50. The van der Waals surface area contributed by atoms with Gasteiger partial charge in [-0.2, -0.15) is 5.21 Å². The molecule has 0 fully saturated rings. The highest BCUT2D eigenvalue weighted by Gasteiger charge is 2.16. The molecule has 3 aromatic rings. The van der Waals surface area contributed by atoms with Gasteiger partial charge in [0.2, 0.25) is 0 Å². The number of pyridine rings is 1. The number of aromatic amines is 1. The average molecular weight is 322 g/mol. The van der Waals surface area contributed by atoms with E-state index in [0.717, 1.165) is 17.7 Å². The molecule has 2 aromatic heterocycles. The maximum atomic E-state index is 12.3. The Morgan fingerprint density at radius 2 is 1.79 bits per heavy atom. The van der Waals surface area contributed by atoms with Gasteiger partial charge in [0.1, 0.15) is 0 Å². The maximum Gasteiger partial charge on any atom is 0.275 e. The summed E-state index contributed by atoms with van der Waals surface area (Å²) in [6, 6.07) is 11.7. The second kappa shape index (κ2) is 7.36. The van der Waals surface area contributed by atoms with Crippen LogP contribution in [0.25, 0.3) is 0 Å². The second-order valence-electron chi connectivity index (χ2n) is 5.23. The summed E-state index contributed by atoms with van der Waals surface area (Å²) in [5.41, 5.74) is 3.29. The van der Waals surface area contributed by atoms with Crippen LogP contribution in [-0.4, -0.2) is 26.3 Å². The van der Waals surface area contributed by atoms with Crippen molar-refractivity contribution in [3.63, 3.8) is 0 Å². The number of carbonyl (C=O) groups is 1. The summed E-state index contributed by atoms with van der Waals surface area (Å²) in [5.74, 6) is 0.0970. The molecule has 7 nitrogen and oxygen atoms in total. The van der Waals surface area contributed by atoms with Crippen molar-refractivity contribution < 1.29 is 4.79 Å². The van der Waals surface area contributed by atoms with Crippen molar-refractivity contribution >= 4 is 17.4 Å². The van der Waals surface area contributed by atoms with Crippen LogP contribution in [0.2, 0.25) is 0 Å². The average Bonchev–Trinajstić information content (AvgIpc) is 3.09. The first-order valence-corrected chi connectivity index (χ1v) is 7.70. The van der Waals surface area contributed by atoms with E-state index < -0.39 is 0 Å². The lowest BCUT2D eigenvalue weighted by molar-refractivity contribution is 0.0946. The molecule has 1 amide bonds. The van der Waals surface area contributed by atoms with E-state index in [1.165, 1.54) is 5.56 Å². The molecular formula is C17H18N6O. The standard InChI is InChI=1S/C17H18N6O/c1-2-12-3-5-14(6-4-12)20-16-15(21-23-22-16)17(24)19-11-13-7-9-18-10-8-13/h3-10H,2,11H2,1H3,(H,19,24)(H2,20,21,22,23). The fraction of sp³-hybridized carbons (Fsp3) is 0.176. The van der Waals surface area contributed by atoms with E-state index in [-0.39, 0.29) is 11.6 Å². The van der Waals surface area contributed by atoms with Gasteiger partial charge in [0, 0.05) is 24.6 Å². The van der Waals surface area contributed by atoms with Crippen LogP contribution >= 0.6 is 0 Å². The Kier molecular flexibility index (Phi) is 4.81. The molecule has 0 atom stereocenters. The van der Waals surface area contributed by atoms with Gasteiger partial charge in [-0.3, -0.25) is 9.78 Å². The van der Waals surface area contributed by atoms with Crippen LogP contribution in [0.1, 0.15) is 28.5 Å². The van der Waals surface area contributed by atoms with Crippen LogP contribution < -0.4 is 10.6 Å². The zero-order valence-electron chi connectivity index (χ0n) is 13.3. The van der Waals surface area contributed by atoms with Gasteiger partial charge in [-0.15, -0.1) is 10.2 Å². The minimum absolute atomic E-state index is 0.226. The molecule has 0 unspecified atom stereocenters. The van der Waals surface area contributed by atoms with Crippen molar-refractivity contribution in [2.75, 3.05) is 5.32 Å². The normalized spacial score (nSPS) is 10.4. The SMILES string of the molecule is CCc1ccc(Nc2n[nH]nc2C(=O)NCc2ccncc2)cc1. The summed E-state index contributed by atoms with van der Waals surface area (Å²) >= 11 is 0. The topological polar surface area (TPSA) is 95.6 Å². The maximum absolute atomic E-state index is 12.3. The number of carbonyl (C=O) groups excluding carboxylic acids is 1. The number of anilines is 2. The quantitative estimate of drug-likeness (QED) is 0.648. The third-order valence-corrected chi connectivity index (χ3v) is 3.59. The predicted molar refractivity (Wildman–Crippen MR) is 90.9 cm³/mol. The first-order chi connectivity index (χ1) is 11.8. The second-order valence-corrected chi connectivity index (χ2v) is 5.23. The van der Waals surface area contributed by atoms with Crippen molar-refractivity contribution in [3.05, 3.63) is 65.6 Å². The van der Waals surface area contributed by atoms with Crippen LogP contribution in [0.3, 0.4) is 0 Å². The number of hydrogen-bond acceptors (Lipinski definition) is 5.